The second-order valence-electron chi connectivity index (χ2n) is 4.23. The summed E-state index contributed by atoms with van der Waals surface area (Å²) < 4.78 is 2.47. The number of hydrogen-bond donors (Lipinski definition) is 1. The highest BCUT2D eigenvalue weighted by Gasteiger charge is 2.15. The maximum absolute atomic E-state index is 6.07. The van der Waals surface area contributed by atoms with Gasteiger partial charge in [0.25, 0.3) is 0 Å². The van der Waals surface area contributed by atoms with E-state index in [2.05, 4.69) is 31.5 Å². The zero-order valence-corrected chi connectivity index (χ0v) is 13.6. The van der Waals surface area contributed by atoms with E-state index < -0.39 is 0 Å². The van der Waals surface area contributed by atoms with Crippen molar-refractivity contribution in [2.24, 2.45) is 0 Å². The molecule has 0 amide bonds. The zero-order valence-electron chi connectivity index (χ0n) is 10.5. The second kappa shape index (κ2) is 5.63. The molecule has 0 aliphatic rings. The molecule has 8 heteroatoms. The summed E-state index contributed by atoms with van der Waals surface area (Å²) in [4.78, 5) is 0. The lowest BCUT2D eigenvalue weighted by Crippen LogP contribution is -2.01. The largest absolute Gasteiger partial charge is 0.397 e. The summed E-state index contributed by atoms with van der Waals surface area (Å²) in [6.45, 7) is 0. The summed E-state index contributed by atoms with van der Waals surface area (Å²) >= 11 is 15.5. The van der Waals surface area contributed by atoms with Gasteiger partial charge in [0, 0.05) is 10.0 Å². The molecule has 0 aliphatic heterocycles. The monoisotopic (exact) mass is 383 g/mol. The maximum Gasteiger partial charge on any atom is 0.187 e. The Labute approximate surface area is 138 Å². The first-order chi connectivity index (χ1) is 10.1. The number of nitrogens with two attached hydrogens (primary N) is 1. The summed E-state index contributed by atoms with van der Waals surface area (Å²) in [6, 6.07) is 11.0. The van der Waals surface area contributed by atoms with Gasteiger partial charge in [0.2, 0.25) is 0 Å². The lowest BCUT2D eigenvalue weighted by atomic mass is 10.2. The van der Waals surface area contributed by atoms with Crippen molar-refractivity contribution >= 4 is 44.8 Å². The van der Waals surface area contributed by atoms with Crippen LogP contribution in [-0.4, -0.2) is 20.2 Å². The topological polar surface area (TPSA) is 69.6 Å². The van der Waals surface area contributed by atoms with Crippen LogP contribution in [-0.2, 0) is 0 Å². The lowest BCUT2D eigenvalue weighted by molar-refractivity contribution is 0.789. The standard InChI is InChI=1S/C13H8BrCl2N5/c14-8-3-1-2-4-11(8)21-13(18-19-20-21)7-5-9(15)12(16)10(17)6-7/h1-6H,17H2. The van der Waals surface area contributed by atoms with Crippen LogP contribution in [0.3, 0.4) is 0 Å². The Hall–Kier alpha value is -1.63. The molecule has 0 atom stereocenters. The molecule has 2 aromatic carbocycles. The molecule has 5 nitrogen and oxygen atoms in total. The fraction of sp³-hybridized carbons (Fsp3) is 0. The molecule has 0 spiro atoms. The Balaban J connectivity index is 2.18. The van der Waals surface area contributed by atoms with Crippen molar-refractivity contribution < 1.29 is 0 Å². The van der Waals surface area contributed by atoms with Crippen LogP contribution in [0.2, 0.25) is 10.0 Å². The minimum absolute atomic E-state index is 0.320. The highest BCUT2D eigenvalue weighted by atomic mass is 79.9. The number of nitrogen functional groups attached to an aromatic ring is 1. The third kappa shape index (κ3) is 2.62. The van der Waals surface area contributed by atoms with E-state index in [1.807, 2.05) is 24.3 Å². The Morgan fingerprint density at radius 3 is 2.62 bits per heavy atom. The number of tetrazole rings is 1. The first kappa shape index (κ1) is 14.3. The molecule has 0 unspecified atom stereocenters. The molecule has 0 bridgehead atoms. The molecule has 1 heterocycles. The molecule has 106 valence electrons. The normalized spacial score (nSPS) is 10.8. The maximum atomic E-state index is 6.07. The van der Waals surface area contributed by atoms with Gasteiger partial charge in [-0.3, -0.25) is 0 Å². The summed E-state index contributed by atoms with van der Waals surface area (Å²) in [5.74, 6) is 0.521. The van der Waals surface area contributed by atoms with Gasteiger partial charge in [-0.1, -0.05) is 35.3 Å². The van der Waals surface area contributed by atoms with Crippen LogP contribution in [0.4, 0.5) is 5.69 Å². The Morgan fingerprint density at radius 1 is 1.14 bits per heavy atom. The molecule has 21 heavy (non-hydrogen) atoms. The van der Waals surface area contributed by atoms with Crippen molar-refractivity contribution in [3.05, 3.63) is 50.9 Å². The van der Waals surface area contributed by atoms with Gasteiger partial charge in [0.15, 0.2) is 5.82 Å². The average molecular weight is 385 g/mol. The van der Waals surface area contributed by atoms with E-state index in [-0.39, 0.29) is 0 Å². The molecule has 3 aromatic rings. The molecular weight excluding hydrogens is 377 g/mol. The van der Waals surface area contributed by atoms with Gasteiger partial charge in [-0.2, -0.15) is 4.68 Å². The molecule has 0 radical (unpaired) electrons. The molecule has 1 aromatic heterocycles. The van der Waals surface area contributed by atoms with Crippen molar-refractivity contribution in [1.82, 2.24) is 20.2 Å². The Morgan fingerprint density at radius 2 is 1.90 bits per heavy atom. The van der Waals surface area contributed by atoms with Crippen LogP contribution < -0.4 is 5.73 Å². The highest BCUT2D eigenvalue weighted by molar-refractivity contribution is 9.10. The van der Waals surface area contributed by atoms with Gasteiger partial charge in [0.1, 0.15) is 0 Å². The van der Waals surface area contributed by atoms with Crippen LogP contribution in [0.15, 0.2) is 40.9 Å². The van der Waals surface area contributed by atoms with E-state index >= 15 is 0 Å². The lowest BCUT2D eigenvalue weighted by Gasteiger charge is -2.08. The molecule has 2 N–H and O–H groups in total. The molecule has 0 aliphatic carbocycles. The predicted molar refractivity (Wildman–Crippen MR) is 86.7 cm³/mol. The minimum atomic E-state index is 0.320. The van der Waals surface area contributed by atoms with E-state index in [1.165, 1.54) is 0 Å². The Kier molecular flexibility index (Phi) is 3.84. The summed E-state index contributed by atoms with van der Waals surface area (Å²) in [5, 5.41) is 12.5. The fourth-order valence-corrected chi connectivity index (χ4v) is 2.68. The fourth-order valence-electron chi connectivity index (χ4n) is 1.89. The number of aromatic nitrogens is 4. The van der Waals surface area contributed by atoms with Crippen LogP contribution in [0.1, 0.15) is 0 Å². The number of para-hydroxylation sites is 1. The third-order valence-electron chi connectivity index (χ3n) is 2.86. The molecule has 0 saturated carbocycles. The smallest absolute Gasteiger partial charge is 0.187 e. The van der Waals surface area contributed by atoms with Crippen molar-refractivity contribution in [2.45, 2.75) is 0 Å². The van der Waals surface area contributed by atoms with Gasteiger partial charge in [-0.25, -0.2) is 0 Å². The van der Waals surface area contributed by atoms with Crippen LogP contribution >= 0.6 is 39.1 Å². The van der Waals surface area contributed by atoms with Crippen molar-refractivity contribution in [3.8, 4) is 17.1 Å². The number of nitrogens with zero attached hydrogens (tertiary/aromatic N) is 4. The quantitative estimate of drug-likeness (QED) is 0.678. The van der Waals surface area contributed by atoms with E-state index in [9.17, 15) is 0 Å². The number of benzene rings is 2. The van der Waals surface area contributed by atoms with Crippen molar-refractivity contribution in [1.29, 1.82) is 0 Å². The third-order valence-corrected chi connectivity index (χ3v) is 4.35. The van der Waals surface area contributed by atoms with Gasteiger partial charge >= 0.3 is 0 Å². The minimum Gasteiger partial charge on any atom is -0.397 e. The highest BCUT2D eigenvalue weighted by Crippen LogP contribution is 2.34. The number of halogens is 3. The number of rotatable bonds is 2. The van der Waals surface area contributed by atoms with E-state index in [1.54, 1.807) is 16.8 Å². The van der Waals surface area contributed by atoms with Crippen molar-refractivity contribution in [3.63, 3.8) is 0 Å². The molecular formula is C13H8BrCl2N5. The zero-order chi connectivity index (χ0) is 15.0. The summed E-state index contributed by atoms with van der Waals surface area (Å²) in [6.07, 6.45) is 0. The Bertz CT molecular complexity index is 795. The molecule has 0 saturated heterocycles. The second-order valence-corrected chi connectivity index (χ2v) is 5.87. The van der Waals surface area contributed by atoms with E-state index in [0.29, 0.717) is 27.1 Å². The summed E-state index contributed by atoms with van der Waals surface area (Å²) in [5.41, 5.74) is 7.71. The summed E-state index contributed by atoms with van der Waals surface area (Å²) in [7, 11) is 0. The molecule has 0 fully saturated rings. The average Bonchev–Trinajstić information content (AvgIpc) is 2.94. The van der Waals surface area contributed by atoms with Crippen LogP contribution in [0.25, 0.3) is 17.1 Å². The van der Waals surface area contributed by atoms with Crippen molar-refractivity contribution in [2.75, 3.05) is 5.73 Å². The van der Waals surface area contributed by atoms with Crippen LogP contribution in [0.5, 0.6) is 0 Å². The first-order valence-corrected chi connectivity index (χ1v) is 7.41. The van der Waals surface area contributed by atoms with E-state index in [4.69, 9.17) is 28.9 Å². The number of anilines is 1. The van der Waals surface area contributed by atoms with Gasteiger partial charge < -0.3 is 5.73 Å². The predicted octanol–water partition coefficient (Wildman–Crippen LogP) is 3.98. The SMILES string of the molecule is Nc1cc(-c2nnnn2-c2ccccc2Br)cc(Cl)c1Cl. The van der Waals surface area contributed by atoms with Gasteiger partial charge in [0.05, 0.1) is 21.4 Å². The van der Waals surface area contributed by atoms with Gasteiger partial charge in [-0.15, -0.1) is 5.10 Å². The van der Waals surface area contributed by atoms with E-state index in [0.717, 1.165) is 10.2 Å². The number of hydrogen-bond acceptors (Lipinski definition) is 4. The molecule has 3 rings (SSSR count). The van der Waals surface area contributed by atoms with Crippen LogP contribution in [0, 0.1) is 0 Å². The first-order valence-electron chi connectivity index (χ1n) is 5.86. The van der Waals surface area contributed by atoms with Gasteiger partial charge in [-0.05, 0) is 50.6 Å².